The Morgan fingerprint density at radius 1 is 1.05 bits per heavy atom. The molecule has 0 aromatic heterocycles. The first-order chi connectivity index (χ1) is 9.07. The smallest absolute Gasteiger partial charge is 0.164 e. The lowest BCUT2D eigenvalue weighted by atomic mass is 10.0. The molecule has 0 saturated heterocycles. The summed E-state index contributed by atoms with van der Waals surface area (Å²) in [7, 11) is 4.80. The van der Waals surface area contributed by atoms with E-state index in [2.05, 4.69) is 5.43 Å². The van der Waals surface area contributed by atoms with E-state index in [0.717, 1.165) is 11.1 Å². The van der Waals surface area contributed by atoms with Crippen LogP contribution in [0.4, 0.5) is 0 Å². The largest absolute Gasteiger partial charge is 0.496 e. The van der Waals surface area contributed by atoms with Crippen molar-refractivity contribution in [2.75, 3.05) is 21.3 Å². The molecular weight excluding hydrogens is 244 g/mol. The van der Waals surface area contributed by atoms with Gasteiger partial charge < -0.3 is 14.2 Å². The van der Waals surface area contributed by atoms with E-state index in [1.165, 1.54) is 0 Å². The van der Waals surface area contributed by atoms with Crippen molar-refractivity contribution in [3.8, 4) is 17.2 Å². The van der Waals surface area contributed by atoms with Crippen LogP contribution in [0.15, 0.2) is 23.8 Å². The van der Waals surface area contributed by atoms with E-state index in [1.807, 2.05) is 26.0 Å². The molecule has 0 radical (unpaired) electrons. The van der Waals surface area contributed by atoms with Crippen LogP contribution < -0.4 is 25.5 Å². The first-order valence-electron chi connectivity index (χ1n) is 5.98. The number of allylic oxidation sites excluding steroid dienone is 1. The van der Waals surface area contributed by atoms with Crippen molar-refractivity contribution in [3.05, 3.63) is 29.3 Å². The van der Waals surface area contributed by atoms with E-state index >= 15 is 0 Å². The first-order valence-corrected chi connectivity index (χ1v) is 5.98. The number of nitrogens with one attached hydrogen (secondary N) is 1. The Labute approximate surface area is 114 Å². The fourth-order valence-corrected chi connectivity index (χ4v) is 1.86. The third-order valence-electron chi connectivity index (χ3n) is 2.75. The van der Waals surface area contributed by atoms with Crippen LogP contribution in [0.1, 0.15) is 25.5 Å². The predicted molar refractivity (Wildman–Crippen MR) is 75.6 cm³/mol. The summed E-state index contributed by atoms with van der Waals surface area (Å²) in [6, 6.07) is 3.50. The Bertz CT molecular complexity index is 454. The van der Waals surface area contributed by atoms with E-state index in [1.54, 1.807) is 27.4 Å². The molecule has 0 aliphatic heterocycles. The minimum Gasteiger partial charge on any atom is -0.496 e. The summed E-state index contributed by atoms with van der Waals surface area (Å²) < 4.78 is 16.0. The van der Waals surface area contributed by atoms with Crippen molar-refractivity contribution in [2.45, 2.75) is 19.9 Å². The number of nitrogens with two attached hydrogens (primary N) is 1. The highest BCUT2D eigenvalue weighted by Gasteiger charge is 2.17. The van der Waals surface area contributed by atoms with Crippen LogP contribution in [-0.4, -0.2) is 21.3 Å². The van der Waals surface area contributed by atoms with Gasteiger partial charge in [0.1, 0.15) is 5.75 Å². The average Bonchev–Trinajstić information content (AvgIpc) is 2.42. The lowest BCUT2D eigenvalue weighted by Crippen LogP contribution is -2.27. The molecule has 1 rings (SSSR count). The number of hydrogen-bond donors (Lipinski definition) is 2. The molecule has 0 fully saturated rings. The maximum Gasteiger partial charge on any atom is 0.164 e. The van der Waals surface area contributed by atoms with Gasteiger partial charge in [0, 0.05) is 11.6 Å². The van der Waals surface area contributed by atoms with E-state index in [-0.39, 0.29) is 6.04 Å². The molecule has 1 aromatic carbocycles. The molecule has 5 heteroatoms. The molecule has 1 aromatic rings. The van der Waals surface area contributed by atoms with Gasteiger partial charge in [-0.25, -0.2) is 5.43 Å². The van der Waals surface area contributed by atoms with E-state index < -0.39 is 0 Å². The second-order valence-corrected chi connectivity index (χ2v) is 4.34. The molecule has 106 valence electrons. The molecule has 5 nitrogen and oxygen atoms in total. The van der Waals surface area contributed by atoms with Crippen molar-refractivity contribution >= 4 is 0 Å². The zero-order valence-electron chi connectivity index (χ0n) is 12.1. The number of hydrogen-bond acceptors (Lipinski definition) is 5. The number of rotatable bonds is 6. The van der Waals surface area contributed by atoms with Crippen molar-refractivity contribution < 1.29 is 14.2 Å². The summed E-state index contributed by atoms with van der Waals surface area (Å²) in [6.07, 6.45) is 2.02. The Kier molecular flexibility index (Phi) is 5.66. The highest BCUT2D eigenvalue weighted by Crippen LogP contribution is 2.37. The van der Waals surface area contributed by atoms with Crippen LogP contribution >= 0.6 is 0 Å². The lowest BCUT2D eigenvalue weighted by molar-refractivity contribution is 0.346. The number of benzene rings is 1. The fourth-order valence-electron chi connectivity index (χ4n) is 1.86. The monoisotopic (exact) mass is 266 g/mol. The normalized spacial score (nSPS) is 11.7. The Morgan fingerprint density at radius 2 is 1.58 bits per heavy atom. The topological polar surface area (TPSA) is 65.7 Å². The van der Waals surface area contributed by atoms with Gasteiger partial charge in [-0.2, -0.15) is 0 Å². The zero-order chi connectivity index (χ0) is 14.4. The van der Waals surface area contributed by atoms with Gasteiger partial charge in [-0.15, -0.1) is 0 Å². The van der Waals surface area contributed by atoms with Crippen molar-refractivity contribution in [1.82, 2.24) is 5.43 Å². The van der Waals surface area contributed by atoms with Crippen LogP contribution in [0, 0.1) is 0 Å². The van der Waals surface area contributed by atoms with Gasteiger partial charge in [-0.3, -0.25) is 5.84 Å². The second-order valence-electron chi connectivity index (χ2n) is 4.34. The maximum atomic E-state index is 5.62. The number of ether oxygens (including phenoxy) is 3. The Morgan fingerprint density at radius 3 is 2.00 bits per heavy atom. The van der Waals surface area contributed by atoms with Gasteiger partial charge in [0.2, 0.25) is 0 Å². The molecule has 0 bridgehead atoms. The van der Waals surface area contributed by atoms with Crippen molar-refractivity contribution in [3.63, 3.8) is 0 Å². The van der Waals surface area contributed by atoms with Crippen LogP contribution in [-0.2, 0) is 0 Å². The van der Waals surface area contributed by atoms with Gasteiger partial charge in [-0.05, 0) is 19.9 Å². The summed E-state index contributed by atoms with van der Waals surface area (Å²) in [4.78, 5) is 0. The summed E-state index contributed by atoms with van der Waals surface area (Å²) in [5.74, 6) is 7.57. The van der Waals surface area contributed by atoms with E-state index in [4.69, 9.17) is 20.1 Å². The molecular formula is C14H22N2O3. The minimum absolute atomic E-state index is 0.153. The SMILES string of the molecule is COc1cc(OC)c(C(C=C(C)C)NN)cc1OC. The Hall–Kier alpha value is -1.72. The van der Waals surface area contributed by atoms with E-state index in [0.29, 0.717) is 17.2 Å². The molecule has 19 heavy (non-hydrogen) atoms. The Balaban J connectivity index is 3.35. The number of hydrazine groups is 1. The summed E-state index contributed by atoms with van der Waals surface area (Å²) in [5, 5.41) is 0. The quantitative estimate of drug-likeness (QED) is 0.469. The van der Waals surface area contributed by atoms with Gasteiger partial charge >= 0.3 is 0 Å². The van der Waals surface area contributed by atoms with Crippen molar-refractivity contribution in [2.24, 2.45) is 5.84 Å². The zero-order valence-corrected chi connectivity index (χ0v) is 12.1. The molecule has 0 aliphatic rings. The van der Waals surface area contributed by atoms with E-state index in [9.17, 15) is 0 Å². The maximum absolute atomic E-state index is 5.62. The third kappa shape index (κ3) is 3.62. The fraction of sp³-hybridized carbons (Fsp3) is 0.429. The molecule has 0 amide bonds. The highest BCUT2D eigenvalue weighted by atomic mass is 16.5. The van der Waals surface area contributed by atoms with Gasteiger partial charge in [0.15, 0.2) is 11.5 Å². The predicted octanol–water partition coefficient (Wildman–Crippen LogP) is 2.18. The minimum atomic E-state index is -0.153. The first kappa shape index (κ1) is 15.3. The molecule has 0 heterocycles. The van der Waals surface area contributed by atoms with Crippen LogP contribution in [0.25, 0.3) is 0 Å². The highest BCUT2D eigenvalue weighted by molar-refractivity contribution is 5.52. The standard InChI is InChI=1S/C14H22N2O3/c1-9(2)6-11(16-15)10-7-13(18-4)14(19-5)8-12(10)17-3/h6-8,11,16H,15H2,1-5H3. The average molecular weight is 266 g/mol. The number of methoxy groups -OCH3 is 3. The van der Waals surface area contributed by atoms with Crippen LogP contribution in [0.2, 0.25) is 0 Å². The molecule has 0 saturated carbocycles. The van der Waals surface area contributed by atoms with Gasteiger partial charge in [0.25, 0.3) is 0 Å². The molecule has 0 aliphatic carbocycles. The van der Waals surface area contributed by atoms with Crippen LogP contribution in [0.5, 0.6) is 17.2 Å². The van der Waals surface area contributed by atoms with Crippen LogP contribution in [0.3, 0.4) is 0 Å². The molecule has 1 atom stereocenters. The lowest BCUT2D eigenvalue weighted by Gasteiger charge is -2.19. The molecule has 3 N–H and O–H groups in total. The van der Waals surface area contributed by atoms with Crippen molar-refractivity contribution in [1.29, 1.82) is 0 Å². The summed E-state index contributed by atoms with van der Waals surface area (Å²) in [6.45, 7) is 4.02. The summed E-state index contributed by atoms with van der Waals surface area (Å²) >= 11 is 0. The molecule has 1 unspecified atom stereocenters. The second kappa shape index (κ2) is 7.01. The third-order valence-corrected chi connectivity index (χ3v) is 2.75. The molecule has 0 spiro atoms. The van der Waals surface area contributed by atoms with Gasteiger partial charge in [-0.1, -0.05) is 11.6 Å². The van der Waals surface area contributed by atoms with Gasteiger partial charge in [0.05, 0.1) is 27.4 Å². The summed E-state index contributed by atoms with van der Waals surface area (Å²) in [5.41, 5.74) is 4.81.